The minimum atomic E-state index is 0.192. The van der Waals surface area contributed by atoms with Crippen molar-refractivity contribution in [3.05, 3.63) is 0 Å². The number of rotatable bonds is 4. The summed E-state index contributed by atoms with van der Waals surface area (Å²) in [6.45, 7) is 2.80. The molecule has 0 aromatic heterocycles. The fourth-order valence-electron chi connectivity index (χ4n) is 2.74. The Bertz CT molecular complexity index is 242. The molecule has 0 aromatic carbocycles. The number of amides is 1. The molecule has 0 radical (unpaired) electrons. The molecule has 1 amide bonds. The van der Waals surface area contributed by atoms with Crippen molar-refractivity contribution >= 4 is 5.91 Å². The summed E-state index contributed by atoms with van der Waals surface area (Å²) in [4.78, 5) is 13.9. The van der Waals surface area contributed by atoms with E-state index in [9.17, 15) is 4.79 Å². The summed E-state index contributed by atoms with van der Waals surface area (Å²) in [5.74, 6) is 2.45. The van der Waals surface area contributed by atoms with Crippen LogP contribution in [0.4, 0.5) is 0 Å². The molecule has 15 heavy (non-hydrogen) atoms. The number of carbonyl (C=O) groups is 1. The van der Waals surface area contributed by atoms with Crippen LogP contribution in [0.3, 0.4) is 0 Å². The lowest BCUT2D eigenvalue weighted by atomic mass is 10.0. The monoisotopic (exact) mass is 210 g/mol. The zero-order chi connectivity index (χ0) is 11.0. The van der Waals surface area contributed by atoms with Crippen LogP contribution < -0.4 is 5.73 Å². The maximum absolute atomic E-state index is 12.0. The van der Waals surface area contributed by atoms with E-state index in [1.165, 1.54) is 6.42 Å². The first-order valence-corrected chi connectivity index (χ1v) is 6.08. The van der Waals surface area contributed by atoms with Gasteiger partial charge < -0.3 is 10.6 Å². The molecular weight excluding hydrogens is 188 g/mol. The lowest BCUT2D eigenvalue weighted by molar-refractivity contribution is -0.134. The van der Waals surface area contributed by atoms with Gasteiger partial charge in [0.2, 0.25) is 5.91 Å². The molecular formula is C12H22N2O. The third kappa shape index (κ3) is 2.51. The Kier molecular flexibility index (Phi) is 3.01. The third-order valence-electron chi connectivity index (χ3n) is 3.89. The van der Waals surface area contributed by atoms with Gasteiger partial charge in [-0.05, 0) is 44.4 Å². The Balaban J connectivity index is 1.74. The summed E-state index contributed by atoms with van der Waals surface area (Å²) in [6.07, 6.45) is 4.58. The Hall–Kier alpha value is -0.570. The highest BCUT2D eigenvalue weighted by Gasteiger charge is 2.48. The Morgan fingerprint density at radius 3 is 2.53 bits per heavy atom. The number of hydrogen-bond acceptors (Lipinski definition) is 2. The summed E-state index contributed by atoms with van der Waals surface area (Å²) in [6, 6.07) is 0.192. The first kappa shape index (κ1) is 10.9. The predicted molar refractivity (Wildman–Crippen MR) is 60.2 cm³/mol. The molecule has 2 aliphatic rings. The van der Waals surface area contributed by atoms with Gasteiger partial charge in [-0.2, -0.15) is 0 Å². The number of fused-ring (bicyclic) bond motifs is 1. The first-order chi connectivity index (χ1) is 7.08. The average Bonchev–Trinajstić information content (AvgIpc) is 2.81. The SMILES string of the molecule is CC(N)CCN(C)C(=O)C1CC2CC2C1. The molecule has 0 aromatic rings. The number of nitrogens with two attached hydrogens (primary N) is 1. The second kappa shape index (κ2) is 4.12. The zero-order valence-electron chi connectivity index (χ0n) is 9.78. The van der Waals surface area contributed by atoms with Crippen molar-refractivity contribution in [3.63, 3.8) is 0 Å². The molecule has 3 nitrogen and oxygen atoms in total. The molecule has 2 fully saturated rings. The van der Waals surface area contributed by atoms with Crippen molar-refractivity contribution in [1.29, 1.82) is 0 Å². The molecule has 3 unspecified atom stereocenters. The molecule has 0 spiro atoms. The topological polar surface area (TPSA) is 46.3 Å². The van der Waals surface area contributed by atoms with Crippen molar-refractivity contribution in [1.82, 2.24) is 4.90 Å². The van der Waals surface area contributed by atoms with Gasteiger partial charge in [-0.3, -0.25) is 4.79 Å². The van der Waals surface area contributed by atoms with E-state index in [1.54, 1.807) is 0 Å². The van der Waals surface area contributed by atoms with Crippen LogP contribution in [0.1, 0.15) is 32.6 Å². The highest BCUT2D eigenvalue weighted by atomic mass is 16.2. The molecule has 86 valence electrons. The van der Waals surface area contributed by atoms with Crippen molar-refractivity contribution in [2.45, 2.75) is 38.6 Å². The summed E-state index contributed by atoms with van der Waals surface area (Å²) in [5, 5.41) is 0. The van der Waals surface area contributed by atoms with Crippen molar-refractivity contribution < 1.29 is 4.79 Å². The molecule has 2 aliphatic carbocycles. The van der Waals surface area contributed by atoms with Crippen molar-refractivity contribution in [2.75, 3.05) is 13.6 Å². The quantitative estimate of drug-likeness (QED) is 0.758. The van der Waals surface area contributed by atoms with Gasteiger partial charge in [-0.25, -0.2) is 0 Å². The van der Waals surface area contributed by atoms with Crippen LogP contribution in [0.25, 0.3) is 0 Å². The molecule has 0 heterocycles. The number of carbonyl (C=O) groups excluding carboxylic acids is 1. The van der Waals surface area contributed by atoms with Crippen LogP contribution in [0, 0.1) is 17.8 Å². The lowest BCUT2D eigenvalue weighted by Crippen LogP contribution is -2.35. The van der Waals surface area contributed by atoms with Crippen LogP contribution in [0.5, 0.6) is 0 Å². The van der Waals surface area contributed by atoms with Gasteiger partial charge in [0.25, 0.3) is 0 Å². The van der Waals surface area contributed by atoms with Gasteiger partial charge in [0.05, 0.1) is 0 Å². The van der Waals surface area contributed by atoms with Crippen molar-refractivity contribution in [2.24, 2.45) is 23.5 Å². The van der Waals surface area contributed by atoms with Crippen LogP contribution in [-0.4, -0.2) is 30.4 Å². The van der Waals surface area contributed by atoms with Gasteiger partial charge >= 0.3 is 0 Å². The molecule has 0 aliphatic heterocycles. The van der Waals surface area contributed by atoms with Gasteiger partial charge in [-0.1, -0.05) is 0 Å². The third-order valence-corrected chi connectivity index (χ3v) is 3.89. The molecule has 3 heteroatoms. The normalized spacial score (nSPS) is 34.7. The highest BCUT2D eigenvalue weighted by molar-refractivity contribution is 5.79. The summed E-state index contributed by atoms with van der Waals surface area (Å²) >= 11 is 0. The predicted octanol–water partition coefficient (Wildman–Crippen LogP) is 1.23. The second-order valence-electron chi connectivity index (χ2n) is 5.45. The van der Waals surface area contributed by atoms with Crippen LogP contribution >= 0.6 is 0 Å². The summed E-state index contributed by atoms with van der Waals surface area (Å²) in [7, 11) is 1.91. The van der Waals surface area contributed by atoms with E-state index in [0.29, 0.717) is 11.8 Å². The van der Waals surface area contributed by atoms with E-state index in [0.717, 1.165) is 37.6 Å². The highest BCUT2D eigenvalue weighted by Crippen LogP contribution is 2.54. The minimum absolute atomic E-state index is 0.192. The Morgan fingerprint density at radius 2 is 2.00 bits per heavy atom. The Morgan fingerprint density at radius 1 is 1.40 bits per heavy atom. The Labute approximate surface area is 92.0 Å². The molecule has 2 rings (SSSR count). The van der Waals surface area contributed by atoms with Crippen LogP contribution in [-0.2, 0) is 4.79 Å². The largest absolute Gasteiger partial charge is 0.345 e. The van der Waals surface area contributed by atoms with E-state index < -0.39 is 0 Å². The van der Waals surface area contributed by atoms with Gasteiger partial charge in [0.15, 0.2) is 0 Å². The standard InChI is InChI=1S/C12H22N2O/c1-8(13)3-4-14(2)12(15)11-6-9-5-10(9)7-11/h8-11H,3-7,13H2,1-2H3. The second-order valence-corrected chi connectivity index (χ2v) is 5.45. The zero-order valence-corrected chi connectivity index (χ0v) is 9.78. The lowest BCUT2D eigenvalue weighted by Gasteiger charge is -2.22. The minimum Gasteiger partial charge on any atom is -0.345 e. The molecule has 0 bridgehead atoms. The average molecular weight is 210 g/mol. The molecule has 0 saturated heterocycles. The van der Waals surface area contributed by atoms with E-state index in [-0.39, 0.29) is 6.04 Å². The summed E-state index contributed by atoms with van der Waals surface area (Å²) < 4.78 is 0. The van der Waals surface area contributed by atoms with Crippen LogP contribution in [0.15, 0.2) is 0 Å². The maximum Gasteiger partial charge on any atom is 0.225 e. The van der Waals surface area contributed by atoms with E-state index in [2.05, 4.69) is 0 Å². The van der Waals surface area contributed by atoms with E-state index in [1.807, 2.05) is 18.9 Å². The molecule has 2 N–H and O–H groups in total. The fourth-order valence-corrected chi connectivity index (χ4v) is 2.74. The first-order valence-electron chi connectivity index (χ1n) is 6.08. The number of hydrogen-bond donors (Lipinski definition) is 1. The van der Waals surface area contributed by atoms with Gasteiger partial charge in [0, 0.05) is 25.6 Å². The maximum atomic E-state index is 12.0. The van der Waals surface area contributed by atoms with Crippen molar-refractivity contribution in [3.8, 4) is 0 Å². The van der Waals surface area contributed by atoms with Crippen LogP contribution in [0.2, 0.25) is 0 Å². The van der Waals surface area contributed by atoms with Gasteiger partial charge in [-0.15, -0.1) is 0 Å². The van der Waals surface area contributed by atoms with E-state index >= 15 is 0 Å². The molecule has 3 atom stereocenters. The smallest absolute Gasteiger partial charge is 0.225 e. The summed E-state index contributed by atoms with van der Waals surface area (Å²) in [5.41, 5.74) is 5.69. The number of nitrogens with zero attached hydrogens (tertiary/aromatic N) is 1. The molecule has 2 saturated carbocycles. The van der Waals surface area contributed by atoms with Gasteiger partial charge in [0.1, 0.15) is 0 Å². The fraction of sp³-hybridized carbons (Fsp3) is 0.917. The van der Waals surface area contributed by atoms with E-state index in [4.69, 9.17) is 5.73 Å².